The van der Waals surface area contributed by atoms with Crippen LogP contribution in [0.25, 0.3) is 0 Å². The van der Waals surface area contributed by atoms with Crippen molar-refractivity contribution in [3.05, 3.63) is 63.1 Å². The molecule has 3 fully saturated rings. The van der Waals surface area contributed by atoms with Crippen LogP contribution in [0.4, 0.5) is 0 Å². The van der Waals surface area contributed by atoms with E-state index in [4.69, 9.17) is 39.5 Å². The van der Waals surface area contributed by atoms with Crippen molar-refractivity contribution >= 4 is 50.7 Å². The van der Waals surface area contributed by atoms with Crippen molar-refractivity contribution in [3.63, 3.8) is 0 Å². The van der Waals surface area contributed by atoms with Crippen LogP contribution in [0.5, 0.6) is 0 Å². The molecule has 44 heavy (non-hydrogen) atoms. The predicted octanol–water partition coefficient (Wildman–Crippen LogP) is 6.98. The van der Waals surface area contributed by atoms with E-state index in [0.717, 1.165) is 32.1 Å². The molecule has 2 aromatic rings. The van der Waals surface area contributed by atoms with Crippen molar-refractivity contribution in [2.45, 2.75) is 93.7 Å². The molecule has 0 bridgehead atoms. The van der Waals surface area contributed by atoms with Gasteiger partial charge in [0.1, 0.15) is 11.5 Å². The van der Waals surface area contributed by atoms with Gasteiger partial charge in [0.2, 0.25) is 15.9 Å². The van der Waals surface area contributed by atoms with E-state index in [-0.39, 0.29) is 45.1 Å². The summed E-state index contributed by atoms with van der Waals surface area (Å²) in [6, 6.07) is 13.9. The summed E-state index contributed by atoms with van der Waals surface area (Å²) in [7, 11) is -3.95. The number of amides is 1. The van der Waals surface area contributed by atoms with Crippen LogP contribution in [0.1, 0.15) is 69.8 Å². The summed E-state index contributed by atoms with van der Waals surface area (Å²) < 4.78 is 34.0. The molecule has 1 amide bonds. The van der Waals surface area contributed by atoms with E-state index in [2.05, 4.69) is 40.5 Å². The molecule has 1 N–H and O–H groups in total. The van der Waals surface area contributed by atoms with E-state index in [9.17, 15) is 13.2 Å². The minimum Gasteiger partial charge on any atom is -0.370 e. The molecule has 242 valence electrons. The fraction of sp³-hybridized carbons (Fsp3) is 0.606. The van der Waals surface area contributed by atoms with Crippen LogP contribution in [0.15, 0.2) is 47.4 Å². The van der Waals surface area contributed by atoms with Crippen LogP contribution in [0, 0.1) is 5.92 Å². The first-order chi connectivity index (χ1) is 21.2. The quantitative estimate of drug-likeness (QED) is 0.261. The summed E-state index contributed by atoms with van der Waals surface area (Å²) in [5.41, 5.74) is 1.41. The van der Waals surface area contributed by atoms with Crippen LogP contribution in [-0.2, 0) is 26.0 Å². The highest BCUT2D eigenvalue weighted by atomic mass is 35.5. The number of hydrogen-bond acceptors (Lipinski definition) is 5. The lowest BCUT2D eigenvalue weighted by Crippen LogP contribution is -2.47. The minimum absolute atomic E-state index is 0.0124. The number of hydrogen-bond donors (Lipinski definition) is 1. The van der Waals surface area contributed by atoms with E-state index >= 15 is 0 Å². The van der Waals surface area contributed by atoms with Crippen molar-refractivity contribution in [1.29, 1.82) is 0 Å². The highest BCUT2D eigenvalue weighted by Gasteiger charge is 2.38. The van der Waals surface area contributed by atoms with Crippen molar-refractivity contribution in [3.8, 4) is 0 Å². The number of sulfonamides is 1. The van der Waals surface area contributed by atoms with Gasteiger partial charge in [-0.2, -0.15) is 4.31 Å². The van der Waals surface area contributed by atoms with E-state index in [1.54, 1.807) is 0 Å². The third-order valence-corrected chi connectivity index (χ3v) is 12.6. The standard InChI is InChI=1S/C33H44Cl3N3O4S/c34-26-20-29(35)33(30(36)21-26)44(41,42)39-19-7-10-28(39)22-43-23-32(40)37-27-14-12-25(13-15-27)31(38-17-5-2-6-18-38)16-11-24-8-3-1-4-9-24/h1,3-4,8-9,20-21,25,27-28,31H,2,5-7,10-19,22-23H2,(H,37,40). The van der Waals surface area contributed by atoms with Gasteiger partial charge in [-0.3, -0.25) is 4.79 Å². The molecule has 5 rings (SSSR count). The molecule has 1 saturated carbocycles. The summed E-state index contributed by atoms with van der Waals surface area (Å²) in [6.07, 6.45) is 11.7. The van der Waals surface area contributed by atoms with Crippen LogP contribution in [0.2, 0.25) is 15.1 Å². The highest BCUT2D eigenvalue weighted by molar-refractivity contribution is 7.89. The molecule has 7 nitrogen and oxygen atoms in total. The molecule has 2 saturated heterocycles. The maximum atomic E-state index is 13.4. The van der Waals surface area contributed by atoms with Crippen LogP contribution >= 0.6 is 34.8 Å². The summed E-state index contributed by atoms with van der Waals surface area (Å²) in [6.45, 7) is 2.77. The number of piperidine rings is 1. The van der Waals surface area contributed by atoms with Gasteiger partial charge in [-0.1, -0.05) is 71.6 Å². The zero-order chi connectivity index (χ0) is 31.1. The predicted molar refractivity (Wildman–Crippen MR) is 177 cm³/mol. The summed E-state index contributed by atoms with van der Waals surface area (Å²) in [5, 5.41) is 3.42. The van der Waals surface area contributed by atoms with Crippen molar-refractivity contribution in [2.75, 3.05) is 32.8 Å². The molecule has 11 heteroatoms. The Balaban J connectivity index is 1.08. The largest absolute Gasteiger partial charge is 0.370 e. The second-order valence-corrected chi connectivity index (χ2v) is 15.6. The number of aryl methyl sites for hydroxylation is 1. The van der Waals surface area contributed by atoms with Crippen LogP contribution in [0.3, 0.4) is 0 Å². The summed E-state index contributed by atoms with van der Waals surface area (Å²) in [4.78, 5) is 15.4. The van der Waals surface area contributed by atoms with Gasteiger partial charge in [0.25, 0.3) is 0 Å². The molecule has 3 aliphatic rings. The topological polar surface area (TPSA) is 78.9 Å². The third-order valence-electron chi connectivity index (χ3n) is 9.51. The molecular formula is C33H44Cl3N3O4S. The molecule has 2 aliphatic heterocycles. The Kier molecular flexibility index (Phi) is 12.3. The first kappa shape index (κ1) is 34.0. The molecule has 0 spiro atoms. The maximum absolute atomic E-state index is 13.4. The molecule has 2 heterocycles. The first-order valence-corrected chi connectivity index (χ1v) is 18.6. The monoisotopic (exact) mass is 683 g/mol. The van der Waals surface area contributed by atoms with Gasteiger partial charge in [-0.25, -0.2) is 8.42 Å². The molecule has 1 aliphatic carbocycles. The van der Waals surface area contributed by atoms with Crippen molar-refractivity contribution in [1.82, 2.24) is 14.5 Å². The number of halogens is 3. The normalized spacial score (nSPS) is 24.3. The first-order valence-electron chi connectivity index (χ1n) is 16.0. The fourth-order valence-corrected chi connectivity index (χ4v) is 10.5. The van der Waals surface area contributed by atoms with Crippen molar-refractivity contribution < 1.29 is 17.9 Å². The number of likely N-dealkylation sites (tertiary alicyclic amines) is 1. The molecule has 2 unspecified atom stereocenters. The van der Waals surface area contributed by atoms with E-state index in [1.165, 1.54) is 60.8 Å². The number of rotatable bonds is 12. The summed E-state index contributed by atoms with van der Waals surface area (Å²) >= 11 is 18.4. The number of nitrogens with one attached hydrogen (secondary N) is 1. The lowest BCUT2D eigenvalue weighted by atomic mass is 9.78. The van der Waals surface area contributed by atoms with Gasteiger partial charge in [-0.05, 0) is 101 Å². The lowest BCUT2D eigenvalue weighted by Gasteiger charge is -2.42. The number of benzene rings is 2. The third kappa shape index (κ3) is 8.69. The molecule has 2 atom stereocenters. The van der Waals surface area contributed by atoms with E-state index in [1.807, 2.05) is 0 Å². The number of nitrogens with zero attached hydrogens (tertiary/aromatic N) is 2. The molecule has 2 aromatic carbocycles. The Hall–Kier alpha value is -1.39. The second kappa shape index (κ2) is 15.9. The van der Waals surface area contributed by atoms with Crippen LogP contribution in [-0.4, -0.2) is 74.5 Å². The van der Waals surface area contributed by atoms with E-state index in [0.29, 0.717) is 31.3 Å². The van der Waals surface area contributed by atoms with Gasteiger partial charge in [0, 0.05) is 29.7 Å². The number of carbonyl (C=O) groups is 1. The fourth-order valence-electron chi connectivity index (χ4n) is 7.32. The molecular weight excluding hydrogens is 641 g/mol. The van der Waals surface area contributed by atoms with Crippen molar-refractivity contribution in [2.24, 2.45) is 5.92 Å². The Morgan fingerprint density at radius 3 is 2.27 bits per heavy atom. The van der Waals surface area contributed by atoms with Gasteiger partial charge >= 0.3 is 0 Å². The van der Waals surface area contributed by atoms with Gasteiger partial charge in [-0.15, -0.1) is 0 Å². The van der Waals surface area contributed by atoms with Crippen LogP contribution < -0.4 is 5.32 Å². The second-order valence-electron chi connectivity index (χ2n) is 12.5. The van der Waals surface area contributed by atoms with Gasteiger partial charge < -0.3 is 15.0 Å². The molecule has 0 radical (unpaired) electrons. The lowest BCUT2D eigenvalue weighted by molar-refractivity contribution is -0.127. The number of carbonyl (C=O) groups excluding carboxylic acids is 1. The Morgan fingerprint density at radius 1 is 0.909 bits per heavy atom. The Labute approximate surface area is 277 Å². The SMILES string of the molecule is O=C(COCC1CCCN1S(=O)(=O)c1c(Cl)cc(Cl)cc1Cl)NC1CCC(C(CCc2ccccc2)N2CCCCC2)CC1. The van der Waals surface area contributed by atoms with Gasteiger partial charge in [0.15, 0.2) is 0 Å². The van der Waals surface area contributed by atoms with E-state index < -0.39 is 16.1 Å². The Morgan fingerprint density at radius 2 is 1.59 bits per heavy atom. The average molecular weight is 685 g/mol. The number of ether oxygens (including phenoxy) is 1. The average Bonchev–Trinajstić information content (AvgIpc) is 3.48. The smallest absolute Gasteiger partial charge is 0.246 e. The highest BCUT2D eigenvalue weighted by Crippen LogP contribution is 2.37. The molecule has 0 aromatic heterocycles. The van der Waals surface area contributed by atoms with Gasteiger partial charge in [0.05, 0.1) is 16.7 Å². The summed E-state index contributed by atoms with van der Waals surface area (Å²) in [5.74, 6) is 0.500. The minimum atomic E-state index is -3.95. The maximum Gasteiger partial charge on any atom is 0.246 e. The zero-order valence-corrected chi connectivity index (χ0v) is 28.3. The zero-order valence-electron chi connectivity index (χ0n) is 25.2. The Bertz CT molecular complexity index is 1330.